The third-order valence-electron chi connectivity index (χ3n) is 3.57. The first-order valence-electron chi connectivity index (χ1n) is 7.34. The standard InChI is InChI=1S/C14H30N2O/c1-3-6-13(10-15)11-16-8-5-7-14(12-16)17-9-4-2/h13-14H,3-12,15H2,1-2H3. The minimum Gasteiger partial charge on any atom is -0.377 e. The Balaban J connectivity index is 2.27. The van der Waals surface area contributed by atoms with E-state index in [1.807, 2.05) is 0 Å². The molecule has 2 unspecified atom stereocenters. The number of hydrogen-bond acceptors (Lipinski definition) is 3. The highest BCUT2D eigenvalue weighted by molar-refractivity contribution is 4.76. The minimum atomic E-state index is 0.462. The zero-order valence-electron chi connectivity index (χ0n) is 11.7. The third kappa shape index (κ3) is 5.84. The van der Waals surface area contributed by atoms with Gasteiger partial charge in [0.25, 0.3) is 0 Å². The van der Waals surface area contributed by atoms with Crippen LogP contribution >= 0.6 is 0 Å². The average molecular weight is 242 g/mol. The van der Waals surface area contributed by atoms with E-state index >= 15 is 0 Å². The van der Waals surface area contributed by atoms with Crippen LogP contribution in [-0.4, -0.2) is 43.8 Å². The second kappa shape index (κ2) is 8.90. The van der Waals surface area contributed by atoms with Gasteiger partial charge in [0, 0.05) is 19.7 Å². The molecule has 0 aliphatic carbocycles. The van der Waals surface area contributed by atoms with Gasteiger partial charge in [-0.3, -0.25) is 0 Å². The zero-order chi connectivity index (χ0) is 12.5. The molecule has 0 amide bonds. The highest BCUT2D eigenvalue weighted by Gasteiger charge is 2.21. The number of likely N-dealkylation sites (tertiary alicyclic amines) is 1. The van der Waals surface area contributed by atoms with Crippen molar-refractivity contribution >= 4 is 0 Å². The summed E-state index contributed by atoms with van der Waals surface area (Å²) in [4.78, 5) is 2.55. The number of nitrogens with zero attached hydrogens (tertiary/aromatic N) is 1. The molecule has 0 saturated carbocycles. The van der Waals surface area contributed by atoms with Crippen molar-refractivity contribution in [2.24, 2.45) is 11.7 Å². The first-order valence-corrected chi connectivity index (χ1v) is 7.34. The number of ether oxygens (including phenoxy) is 1. The first-order chi connectivity index (χ1) is 8.30. The van der Waals surface area contributed by atoms with Crippen molar-refractivity contribution in [2.75, 3.05) is 32.8 Å². The van der Waals surface area contributed by atoms with Gasteiger partial charge >= 0.3 is 0 Å². The van der Waals surface area contributed by atoms with Gasteiger partial charge in [-0.25, -0.2) is 0 Å². The van der Waals surface area contributed by atoms with Crippen molar-refractivity contribution in [2.45, 2.75) is 52.1 Å². The fraction of sp³-hybridized carbons (Fsp3) is 1.00. The number of nitrogens with two attached hydrogens (primary N) is 1. The van der Waals surface area contributed by atoms with Crippen molar-refractivity contribution < 1.29 is 4.74 Å². The molecule has 3 nitrogen and oxygen atoms in total. The summed E-state index contributed by atoms with van der Waals surface area (Å²) in [5.74, 6) is 0.671. The van der Waals surface area contributed by atoms with E-state index in [0.29, 0.717) is 12.0 Å². The van der Waals surface area contributed by atoms with Crippen molar-refractivity contribution in [3.8, 4) is 0 Å². The minimum absolute atomic E-state index is 0.462. The van der Waals surface area contributed by atoms with Crippen molar-refractivity contribution in [1.82, 2.24) is 4.90 Å². The fourth-order valence-electron chi connectivity index (χ4n) is 2.66. The molecule has 0 aromatic rings. The summed E-state index contributed by atoms with van der Waals surface area (Å²) in [6.45, 7) is 9.65. The van der Waals surface area contributed by atoms with Crippen LogP contribution < -0.4 is 5.73 Å². The molecule has 0 bridgehead atoms. The fourth-order valence-corrected chi connectivity index (χ4v) is 2.66. The van der Waals surface area contributed by atoms with E-state index in [9.17, 15) is 0 Å². The maximum absolute atomic E-state index is 5.86. The summed E-state index contributed by atoms with van der Waals surface area (Å²) in [5, 5.41) is 0. The van der Waals surface area contributed by atoms with Crippen molar-refractivity contribution in [3.05, 3.63) is 0 Å². The smallest absolute Gasteiger partial charge is 0.0702 e. The molecule has 1 heterocycles. The SMILES string of the molecule is CCCOC1CCCN(CC(CN)CCC)C1. The summed E-state index contributed by atoms with van der Waals surface area (Å²) in [7, 11) is 0. The predicted octanol–water partition coefficient (Wildman–Crippen LogP) is 2.25. The third-order valence-corrected chi connectivity index (χ3v) is 3.57. The van der Waals surface area contributed by atoms with Crippen LogP contribution in [0.15, 0.2) is 0 Å². The van der Waals surface area contributed by atoms with Gasteiger partial charge in [0.2, 0.25) is 0 Å². The van der Waals surface area contributed by atoms with Crippen molar-refractivity contribution in [1.29, 1.82) is 0 Å². The highest BCUT2D eigenvalue weighted by atomic mass is 16.5. The molecular weight excluding hydrogens is 212 g/mol. The molecule has 102 valence electrons. The van der Waals surface area contributed by atoms with E-state index in [2.05, 4.69) is 18.7 Å². The zero-order valence-corrected chi connectivity index (χ0v) is 11.7. The first kappa shape index (κ1) is 14.9. The van der Waals surface area contributed by atoms with Gasteiger partial charge in [-0.2, -0.15) is 0 Å². The van der Waals surface area contributed by atoms with Crippen LogP contribution in [0.2, 0.25) is 0 Å². The molecule has 0 spiro atoms. The highest BCUT2D eigenvalue weighted by Crippen LogP contribution is 2.16. The normalized spacial score (nSPS) is 23.8. The van der Waals surface area contributed by atoms with Gasteiger partial charge in [0.05, 0.1) is 6.10 Å². The van der Waals surface area contributed by atoms with E-state index in [-0.39, 0.29) is 0 Å². The van der Waals surface area contributed by atoms with Crippen LogP contribution in [0.1, 0.15) is 46.0 Å². The Kier molecular flexibility index (Phi) is 7.82. The van der Waals surface area contributed by atoms with Crippen LogP contribution in [0.5, 0.6) is 0 Å². The van der Waals surface area contributed by atoms with E-state index < -0.39 is 0 Å². The molecule has 2 atom stereocenters. The lowest BCUT2D eigenvalue weighted by atomic mass is 10.0. The molecule has 1 rings (SSSR count). The molecule has 1 aliphatic rings. The Labute approximate surface area is 107 Å². The monoisotopic (exact) mass is 242 g/mol. The van der Waals surface area contributed by atoms with Gasteiger partial charge < -0.3 is 15.4 Å². The predicted molar refractivity (Wildman–Crippen MR) is 73.2 cm³/mol. The topological polar surface area (TPSA) is 38.5 Å². The molecule has 2 N–H and O–H groups in total. The molecule has 1 aliphatic heterocycles. The van der Waals surface area contributed by atoms with Gasteiger partial charge in [-0.05, 0) is 44.7 Å². The summed E-state index contributed by atoms with van der Waals surface area (Å²) >= 11 is 0. The summed E-state index contributed by atoms with van der Waals surface area (Å²) in [5.41, 5.74) is 5.83. The molecule has 0 aromatic carbocycles. The Bertz CT molecular complexity index is 187. The lowest BCUT2D eigenvalue weighted by molar-refractivity contribution is -0.00387. The van der Waals surface area contributed by atoms with Crippen LogP contribution in [0.3, 0.4) is 0 Å². The number of rotatable bonds is 8. The van der Waals surface area contributed by atoms with Gasteiger partial charge in [0.1, 0.15) is 0 Å². The number of piperidine rings is 1. The quantitative estimate of drug-likeness (QED) is 0.709. The van der Waals surface area contributed by atoms with Crippen LogP contribution in [-0.2, 0) is 4.74 Å². The number of hydrogen-bond donors (Lipinski definition) is 1. The average Bonchev–Trinajstić information content (AvgIpc) is 2.36. The van der Waals surface area contributed by atoms with E-state index in [0.717, 1.165) is 32.7 Å². The van der Waals surface area contributed by atoms with E-state index in [4.69, 9.17) is 10.5 Å². The van der Waals surface area contributed by atoms with Gasteiger partial charge in [-0.1, -0.05) is 20.3 Å². The summed E-state index contributed by atoms with van der Waals surface area (Å²) in [6.07, 6.45) is 6.59. The Morgan fingerprint density at radius 3 is 2.82 bits per heavy atom. The molecule has 1 saturated heterocycles. The molecule has 3 heteroatoms. The Hall–Kier alpha value is -0.120. The lowest BCUT2D eigenvalue weighted by Gasteiger charge is -2.34. The molecular formula is C14H30N2O. The Morgan fingerprint density at radius 2 is 2.18 bits per heavy atom. The van der Waals surface area contributed by atoms with Gasteiger partial charge in [0.15, 0.2) is 0 Å². The molecule has 0 aromatic heterocycles. The van der Waals surface area contributed by atoms with Crippen LogP contribution in [0, 0.1) is 5.92 Å². The lowest BCUT2D eigenvalue weighted by Crippen LogP contribution is -2.43. The van der Waals surface area contributed by atoms with E-state index in [1.54, 1.807) is 0 Å². The maximum Gasteiger partial charge on any atom is 0.0702 e. The largest absolute Gasteiger partial charge is 0.377 e. The Morgan fingerprint density at radius 1 is 1.35 bits per heavy atom. The van der Waals surface area contributed by atoms with E-state index in [1.165, 1.54) is 32.2 Å². The molecule has 17 heavy (non-hydrogen) atoms. The van der Waals surface area contributed by atoms with Crippen molar-refractivity contribution in [3.63, 3.8) is 0 Å². The maximum atomic E-state index is 5.86. The second-order valence-corrected chi connectivity index (χ2v) is 5.29. The molecule has 1 fully saturated rings. The second-order valence-electron chi connectivity index (χ2n) is 5.29. The summed E-state index contributed by atoms with van der Waals surface area (Å²) < 4.78 is 5.86. The van der Waals surface area contributed by atoms with Crippen LogP contribution in [0.4, 0.5) is 0 Å². The molecule has 0 radical (unpaired) electrons. The summed E-state index contributed by atoms with van der Waals surface area (Å²) in [6, 6.07) is 0. The van der Waals surface area contributed by atoms with Gasteiger partial charge in [-0.15, -0.1) is 0 Å². The van der Waals surface area contributed by atoms with Crippen LogP contribution in [0.25, 0.3) is 0 Å².